The van der Waals surface area contributed by atoms with Gasteiger partial charge in [0.05, 0.1) is 12.2 Å². The summed E-state index contributed by atoms with van der Waals surface area (Å²) in [5.41, 5.74) is 1.06. The number of benzene rings is 2. The Bertz CT molecular complexity index is 1010. The molecule has 3 amide bonds. The lowest BCUT2D eigenvalue weighted by Gasteiger charge is -2.27. The van der Waals surface area contributed by atoms with Crippen LogP contribution in [0.25, 0.3) is 0 Å². The van der Waals surface area contributed by atoms with Gasteiger partial charge in [0.25, 0.3) is 0 Å². The van der Waals surface area contributed by atoms with E-state index in [-0.39, 0.29) is 24.7 Å². The second-order valence-corrected chi connectivity index (χ2v) is 7.93. The molecule has 1 heterocycles. The molecule has 0 radical (unpaired) electrons. The van der Waals surface area contributed by atoms with Crippen LogP contribution in [-0.2, 0) is 17.9 Å². The highest BCUT2D eigenvalue weighted by molar-refractivity contribution is 7.09. The van der Waals surface area contributed by atoms with Crippen LogP contribution in [0.2, 0.25) is 0 Å². The third-order valence-electron chi connectivity index (χ3n) is 4.57. The van der Waals surface area contributed by atoms with Gasteiger partial charge in [-0.2, -0.15) is 0 Å². The molecule has 3 rings (SSSR count). The molecule has 160 valence electrons. The molecule has 1 aromatic heterocycles. The molecular weight excluding hydrogens is 413 g/mol. The molecule has 0 spiro atoms. The van der Waals surface area contributed by atoms with Gasteiger partial charge in [-0.15, -0.1) is 17.9 Å². The monoisotopic (exact) mass is 437 g/mol. The Balaban J connectivity index is 1.73. The minimum Gasteiger partial charge on any atom is -0.332 e. The average molecular weight is 438 g/mol. The lowest BCUT2D eigenvalue weighted by molar-refractivity contribution is -0.132. The maximum absolute atomic E-state index is 13.9. The number of halogens is 1. The molecule has 0 aliphatic carbocycles. The first-order chi connectivity index (χ1) is 15.1. The Morgan fingerprint density at radius 2 is 1.71 bits per heavy atom. The van der Waals surface area contributed by atoms with Crippen LogP contribution in [0.1, 0.15) is 10.4 Å². The molecule has 0 unspecified atom stereocenters. The van der Waals surface area contributed by atoms with Gasteiger partial charge < -0.3 is 15.1 Å². The van der Waals surface area contributed by atoms with Gasteiger partial charge in [-0.05, 0) is 29.1 Å². The number of nitrogens with zero attached hydrogens (tertiary/aromatic N) is 2. The van der Waals surface area contributed by atoms with Crippen LogP contribution in [0.5, 0.6) is 0 Å². The Morgan fingerprint density at radius 3 is 2.39 bits per heavy atom. The number of carbonyl (C=O) groups excluding carboxylic acids is 2. The predicted octanol–water partition coefficient (Wildman–Crippen LogP) is 5.14. The van der Waals surface area contributed by atoms with Crippen molar-refractivity contribution in [1.29, 1.82) is 0 Å². The van der Waals surface area contributed by atoms with Crippen LogP contribution in [0, 0.1) is 5.82 Å². The molecular formula is C24H24FN3O2S. The number of rotatable bonds is 9. The first kappa shape index (κ1) is 22.2. The summed E-state index contributed by atoms with van der Waals surface area (Å²) < 4.78 is 13.9. The van der Waals surface area contributed by atoms with E-state index in [1.807, 2.05) is 47.8 Å². The van der Waals surface area contributed by atoms with E-state index in [9.17, 15) is 14.0 Å². The van der Waals surface area contributed by atoms with Gasteiger partial charge in [0.15, 0.2) is 0 Å². The van der Waals surface area contributed by atoms with Crippen LogP contribution in [0.3, 0.4) is 0 Å². The largest absolute Gasteiger partial charge is 0.332 e. The van der Waals surface area contributed by atoms with Crippen LogP contribution in [0.15, 0.2) is 84.8 Å². The van der Waals surface area contributed by atoms with Gasteiger partial charge in [0, 0.05) is 18.0 Å². The third kappa shape index (κ3) is 6.52. The van der Waals surface area contributed by atoms with E-state index in [0.29, 0.717) is 13.1 Å². The van der Waals surface area contributed by atoms with Crippen molar-refractivity contribution in [3.8, 4) is 0 Å². The molecule has 3 aromatic rings. The molecule has 5 nitrogen and oxygen atoms in total. The van der Waals surface area contributed by atoms with Crippen molar-refractivity contribution in [2.24, 2.45) is 0 Å². The minimum atomic E-state index is -0.561. The fourth-order valence-corrected chi connectivity index (χ4v) is 3.74. The van der Waals surface area contributed by atoms with Crippen LogP contribution in [-0.4, -0.2) is 34.8 Å². The van der Waals surface area contributed by atoms with E-state index in [0.717, 1.165) is 10.4 Å². The number of anilines is 1. The Hall–Kier alpha value is -3.45. The van der Waals surface area contributed by atoms with Gasteiger partial charge in [-0.3, -0.25) is 4.79 Å². The quantitative estimate of drug-likeness (QED) is 0.472. The second kappa shape index (κ2) is 11.1. The Kier molecular flexibility index (Phi) is 7.95. The summed E-state index contributed by atoms with van der Waals surface area (Å²) in [6.45, 7) is 4.55. The van der Waals surface area contributed by atoms with Gasteiger partial charge in [-0.1, -0.05) is 54.6 Å². The lowest BCUT2D eigenvalue weighted by Crippen LogP contribution is -2.44. The number of para-hydroxylation sites is 1. The highest BCUT2D eigenvalue weighted by Gasteiger charge is 2.22. The van der Waals surface area contributed by atoms with Gasteiger partial charge >= 0.3 is 6.03 Å². The van der Waals surface area contributed by atoms with Gasteiger partial charge in [0.2, 0.25) is 5.91 Å². The number of hydrogen-bond donors (Lipinski definition) is 1. The van der Waals surface area contributed by atoms with Crippen LogP contribution in [0.4, 0.5) is 14.9 Å². The van der Waals surface area contributed by atoms with Crippen molar-refractivity contribution in [2.75, 3.05) is 18.4 Å². The first-order valence-corrected chi connectivity index (χ1v) is 10.7. The summed E-state index contributed by atoms with van der Waals surface area (Å²) >= 11 is 1.57. The number of urea groups is 1. The molecule has 2 aromatic carbocycles. The van der Waals surface area contributed by atoms with E-state index in [1.54, 1.807) is 28.4 Å². The summed E-state index contributed by atoms with van der Waals surface area (Å²) in [5, 5.41) is 4.49. The van der Waals surface area contributed by atoms with Crippen LogP contribution < -0.4 is 5.32 Å². The molecule has 0 saturated carbocycles. The fourth-order valence-electron chi connectivity index (χ4n) is 3.02. The fraction of sp³-hybridized carbons (Fsp3) is 0.167. The summed E-state index contributed by atoms with van der Waals surface area (Å²) in [4.78, 5) is 30.0. The highest BCUT2D eigenvalue weighted by atomic mass is 32.1. The molecule has 0 fully saturated rings. The molecule has 31 heavy (non-hydrogen) atoms. The van der Waals surface area contributed by atoms with E-state index >= 15 is 0 Å². The Labute approximate surface area is 185 Å². The van der Waals surface area contributed by atoms with Crippen molar-refractivity contribution < 1.29 is 14.0 Å². The molecule has 7 heteroatoms. The normalized spacial score (nSPS) is 10.4. The van der Waals surface area contributed by atoms with Crippen molar-refractivity contribution in [3.63, 3.8) is 0 Å². The van der Waals surface area contributed by atoms with Gasteiger partial charge in [0.1, 0.15) is 12.4 Å². The average Bonchev–Trinajstić information content (AvgIpc) is 3.28. The summed E-state index contributed by atoms with van der Waals surface area (Å²) in [6.07, 6.45) is 1.54. The van der Waals surface area contributed by atoms with Gasteiger partial charge in [-0.25, -0.2) is 9.18 Å². The van der Waals surface area contributed by atoms with Crippen molar-refractivity contribution >= 4 is 29.0 Å². The summed E-state index contributed by atoms with van der Waals surface area (Å²) in [7, 11) is 0. The molecule has 0 saturated heterocycles. The molecule has 0 aliphatic heterocycles. The Morgan fingerprint density at radius 1 is 0.968 bits per heavy atom. The van der Waals surface area contributed by atoms with E-state index in [2.05, 4.69) is 11.9 Å². The molecule has 0 aliphatic rings. The highest BCUT2D eigenvalue weighted by Crippen LogP contribution is 2.16. The number of nitrogens with one attached hydrogen (secondary N) is 1. The standard InChI is InChI=1S/C24H24FN3O2S/c1-2-14-27(24(30)26-22-13-7-6-12-21(22)25)18-23(29)28(17-20-11-8-15-31-20)16-19-9-4-3-5-10-19/h2-13,15H,1,14,16-18H2,(H,26,30). The minimum absolute atomic E-state index is 0.0636. The molecule has 0 bridgehead atoms. The number of carbonyl (C=O) groups is 2. The molecule has 1 N–H and O–H groups in total. The maximum Gasteiger partial charge on any atom is 0.322 e. The predicted molar refractivity (Wildman–Crippen MR) is 122 cm³/mol. The number of amides is 3. The lowest BCUT2D eigenvalue weighted by atomic mass is 10.2. The van der Waals surface area contributed by atoms with E-state index in [4.69, 9.17) is 0 Å². The third-order valence-corrected chi connectivity index (χ3v) is 5.44. The van der Waals surface area contributed by atoms with Crippen molar-refractivity contribution in [3.05, 3.63) is 101 Å². The van der Waals surface area contributed by atoms with Crippen molar-refractivity contribution in [1.82, 2.24) is 9.80 Å². The molecule has 0 atom stereocenters. The zero-order valence-electron chi connectivity index (χ0n) is 17.0. The second-order valence-electron chi connectivity index (χ2n) is 6.89. The zero-order valence-corrected chi connectivity index (χ0v) is 17.9. The number of thiophene rings is 1. The van der Waals surface area contributed by atoms with Crippen LogP contribution >= 0.6 is 11.3 Å². The SMILES string of the molecule is C=CCN(CC(=O)N(Cc1ccccc1)Cc1cccs1)C(=O)Nc1ccccc1F. The van der Waals surface area contributed by atoms with E-state index < -0.39 is 11.8 Å². The topological polar surface area (TPSA) is 52.7 Å². The summed E-state index contributed by atoms with van der Waals surface area (Å²) in [6, 6.07) is 19.0. The summed E-state index contributed by atoms with van der Waals surface area (Å²) in [5.74, 6) is -0.744. The van der Waals surface area contributed by atoms with E-state index in [1.165, 1.54) is 23.1 Å². The zero-order chi connectivity index (χ0) is 22.1. The number of hydrogen-bond acceptors (Lipinski definition) is 3. The smallest absolute Gasteiger partial charge is 0.322 e. The maximum atomic E-state index is 13.9. The van der Waals surface area contributed by atoms with Crippen molar-refractivity contribution in [2.45, 2.75) is 13.1 Å². The first-order valence-electron chi connectivity index (χ1n) is 9.82.